The van der Waals surface area contributed by atoms with E-state index in [1.165, 1.54) is 0 Å². The molecule has 0 aliphatic heterocycles. The molecule has 0 unspecified atom stereocenters. The molecule has 0 amide bonds. The Balaban J connectivity index is 1.78. The Morgan fingerprint density at radius 2 is 1.91 bits per heavy atom. The maximum Gasteiger partial charge on any atom is 0.185 e. The smallest absolute Gasteiger partial charge is 0.185 e. The average Bonchev–Trinajstić information content (AvgIpc) is 3.21. The van der Waals surface area contributed by atoms with E-state index in [-0.39, 0.29) is 0 Å². The lowest BCUT2D eigenvalue weighted by atomic mass is 10.1. The number of fused-ring (bicyclic) bond motifs is 1. The first kappa shape index (κ1) is 14.0. The van der Waals surface area contributed by atoms with Crippen molar-refractivity contribution in [2.24, 2.45) is 0 Å². The van der Waals surface area contributed by atoms with Gasteiger partial charge in [-0.05, 0) is 36.4 Å². The minimum Gasteiger partial charge on any atom is -0.453 e. The molecule has 0 aliphatic carbocycles. The van der Waals surface area contributed by atoms with E-state index in [0.717, 1.165) is 32.5 Å². The first-order valence-electron chi connectivity index (χ1n) is 7.04. The lowest BCUT2D eigenvalue weighted by Gasteiger charge is -2.00. The molecule has 5 heteroatoms. The molecule has 4 rings (SSSR count). The highest BCUT2D eigenvalue weighted by atomic mass is 79.9. The Labute approximate surface area is 140 Å². The number of hydrogen-bond acceptors (Lipinski definition) is 3. The molecular weight excluding hydrogens is 356 g/mol. The molecule has 23 heavy (non-hydrogen) atoms. The third-order valence-corrected chi connectivity index (χ3v) is 4.10. The van der Waals surface area contributed by atoms with Gasteiger partial charge >= 0.3 is 0 Å². The first-order valence-corrected chi connectivity index (χ1v) is 7.83. The van der Waals surface area contributed by atoms with Crippen LogP contribution >= 0.6 is 15.9 Å². The van der Waals surface area contributed by atoms with Gasteiger partial charge in [-0.1, -0.05) is 34.1 Å². The summed E-state index contributed by atoms with van der Waals surface area (Å²) in [7, 11) is 0. The molecular formula is C18H11BrN2O2. The topological polar surface area (TPSA) is 58.9 Å². The van der Waals surface area contributed by atoms with Crippen LogP contribution < -0.4 is 0 Å². The fraction of sp³-hybridized carbons (Fsp3) is 0. The number of hydrogen-bond donors (Lipinski definition) is 1. The van der Waals surface area contributed by atoms with Crippen LogP contribution in [-0.4, -0.2) is 16.3 Å². The van der Waals surface area contributed by atoms with Crippen LogP contribution in [0.3, 0.4) is 0 Å². The van der Waals surface area contributed by atoms with Gasteiger partial charge in [-0.3, -0.25) is 4.79 Å². The third-order valence-electron chi connectivity index (χ3n) is 3.61. The van der Waals surface area contributed by atoms with Crippen molar-refractivity contribution in [3.63, 3.8) is 0 Å². The van der Waals surface area contributed by atoms with Crippen LogP contribution in [0, 0.1) is 0 Å². The number of aromatic amines is 1. The van der Waals surface area contributed by atoms with Gasteiger partial charge in [0, 0.05) is 15.6 Å². The number of imidazole rings is 1. The highest BCUT2D eigenvalue weighted by molar-refractivity contribution is 9.10. The second-order valence-electron chi connectivity index (χ2n) is 5.15. The summed E-state index contributed by atoms with van der Waals surface area (Å²) < 4.78 is 6.49. The van der Waals surface area contributed by atoms with Crippen LogP contribution in [0.25, 0.3) is 33.7 Å². The highest BCUT2D eigenvalue weighted by Gasteiger charge is 2.09. The quantitative estimate of drug-likeness (QED) is 0.515. The van der Waals surface area contributed by atoms with Gasteiger partial charge in [0.15, 0.2) is 12.0 Å². The van der Waals surface area contributed by atoms with Crippen molar-refractivity contribution >= 4 is 33.2 Å². The number of carbonyl (C=O) groups excluding carboxylic acids is 1. The first-order chi connectivity index (χ1) is 11.2. The van der Waals surface area contributed by atoms with Crippen molar-refractivity contribution in [3.05, 3.63) is 64.8 Å². The Bertz CT molecular complexity index is 1020. The van der Waals surface area contributed by atoms with Gasteiger partial charge in [0.25, 0.3) is 0 Å². The van der Waals surface area contributed by atoms with Gasteiger partial charge in [-0.25, -0.2) is 4.98 Å². The van der Waals surface area contributed by atoms with E-state index in [2.05, 4.69) is 25.9 Å². The number of carbonyl (C=O) groups is 1. The summed E-state index contributed by atoms with van der Waals surface area (Å²) in [5, 5.41) is 0. The van der Waals surface area contributed by atoms with Crippen LogP contribution in [-0.2, 0) is 0 Å². The Morgan fingerprint density at radius 1 is 1.04 bits per heavy atom. The summed E-state index contributed by atoms with van der Waals surface area (Å²) in [6.45, 7) is 0. The zero-order valence-corrected chi connectivity index (χ0v) is 13.5. The number of H-pyrrole nitrogens is 1. The predicted molar refractivity (Wildman–Crippen MR) is 92.3 cm³/mol. The summed E-state index contributed by atoms with van der Waals surface area (Å²) in [6.07, 6.45) is 0.699. The maximum atomic E-state index is 10.8. The lowest BCUT2D eigenvalue weighted by molar-refractivity contribution is 0.110. The minimum atomic E-state index is 0.319. The largest absolute Gasteiger partial charge is 0.453 e. The number of aromatic nitrogens is 2. The zero-order valence-electron chi connectivity index (χ0n) is 11.9. The van der Waals surface area contributed by atoms with Gasteiger partial charge in [-0.15, -0.1) is 0 Å². The van der Waals surface area contributed by atoms with Crippen molar-refractivity contribution < 1.29 is 9.21 Å². The summed E-state index contributed by atoms with van der Waals surface area (Å²) in [5.74, 6) is 1.77. The molecule has 1 N–H and O–H groups in total. The van der Waals surface area contributed by atoms with Gasteiger partial charge in [-0.2, -0.15) is 0 Å². The van der Waals surface area contributed by atoms with Crippen molar-refractivity contribution in [2.45, 2.75) is 0 Å². The van der Waals surface area contributed by atoms with Crippen LogP contribution in [0.4, 0.5) is 0 Å². The summed E-state index contributed by atoms with van der Waals surface area (Å²) in [5.41, 5.74) is 3.74. The number of halogens is 1. The molecule has 2 aromatic carbocycles. The molecule has 4 nitrogen and oxygen atoms in total. The molecule has 2 heterocycles. The van der Waals surface area contributed by atoms with E-state index in [9.17, 15) is 4.79 Å². The Kier molecular flexibility index (Phi) is 3.35. The summed E-state index contributed by atoms with van der Waals surface area (Å²) in [6, 6.07) is 17.2. The molecule has 4 aromatic rings. The SMILES string of the molecule is O=Cc1ccc(-c2cccc(-c3nc4ccc(Br)cc4[nH]3)c2)o1. The number of benzene rings is 2. The van der Waals surface area contributed by atoms with E-state index in [4.69, 9.17) is 4.42 Å². The van der Waals surface area contributed by atoms with E-state index in [1.807, 2.05) is 42.5 Å². The number of aldehydes is 1. The molecule has 2 aromatic heterocycles. The van der Waals surface area contributed by atoms with Crippen molar-refractivity contribution in [3.8, 4) is 22.7 Å². The standard InChI is InChI=1S/C18H11BrN2O2/c19-13-4-6-15-16(9-13)21-18(20-15)12-3-1-2-11(8-12)17-7-5-14(10-22)23-17/h1-10H,(H,20,21). The fourth-order valence-corrected chi connectivity index (χ4v) is 2.87. The predicted octanol–water partition coefficient (Wildman–Crippen LogP) is 5.06. The highest BCUT2D eigenvalue weighted by Crippen LogP contribution is 2.28. The number of nitrogens with one attached hydrogen (secondary N) is 1. The second kappa shape index (κ2) is 5.52. The minimum absolute atomic E-state index is 0.319. The van der Waals surface area contributed by atoms with E-state index < -0.39 is 0 Å². The van der Waals surface area contributed by atoms with Crippen molar-refractivity contribution in [1.82, 2.24) is 9.97 Å². The second-order valence-corrected chi connectivity index (χ2v) is 6.06. The Morgan fingerprint density at radius 3 is 2.74 bits per heavy atom. The molecule has 112 valence electrons. The fourth-order valence-electron chi connectivity index (χ4n) is 2.51. The van der Waals surface area contributed by atoms with E-state index in [1.54, 1.807) is 12.1 Å². The van der Waals surface area contributed by atoms with Crippen molar-refractivity contribution in [2.75, 3.05) is 0 Å². The molecule has 0 saturated heterocycles. The van der Waals surface area contributed by atoms with Gasteiger partial charge in [0.1, 0.15) is 11.6 Å². The molecule has 0 aliphatic rings. The van der Waals surface area contributed by atoms with E-state index in [0.29, 0.717) is 17.8 Å². The number of furan rings is 1. The third kappa shape index (κ3) is 2.59. The van der Waals surface area contributed by atoms with E-state index >= 15 is 0 Å². The van der Waals surface area contributed by atoms with Gasteiger partial charge in [0.05, 0.1) is 11.0 Å². The number of nitrogens with zero attached hydrogens (tertiary/aromatic N) is 1. The molecule has 0 bridgehead atoms. The van der Waals surface area contributed by atoms with Gasteiger partial charge in [0.2, 0.25) is 0 Å². The summed E-state index contributed by atoms with van der Waals surface area (Å²) >= 11 is 3.46. The van der Waals surface area contributed by atoms with Crippen molar-refractivity contribution in [1.29, 1.82) is 0 Å². The monoisotopic (exact) mass is 366 g/mol. The molecule has 0 atom stereocenters. The molecule has 0 fully saturated rings. The maximum absolute atomic E-state index is 10.8. The average molecular weight is 367 g/mol. The van der Waals surface area contributed by atoms with Crippen LogP contribution in [0.15, 0.2) is 63.5 Å². The Hall–Kier alpha value is -2.66. The van der Waals surface area contributed by atoms with Crippen LogP contribution in [0.5, 0.6) is 0 Å². The molecule has 0 spiro atoms. The zero-order chi connectivity index (χ0) is 15.8. The summed E-state index contributed by atoms with van der Waals surface area (Å²) in [4.78, 5) is 18.7. The normalized spacial score (nSPS) is 11.0. The van der Waals surface area contributed by atoms with Crippen LogP contribution in [0.2, 0.25) is 0 Å². The lowest BCUT2D eigenvalue weighted by Crippen LogP contribution is -1.82. The molecule has 0 saturated carbocycles. The molecule has 0 radical (unpaired) electrons. The van der Waals surface area contributed by atoms with Crippen LogP contribution in [0.1, 0.15) is 10.6 Å². The number of rotatable bonds is 3. The van der Waals surface area contributed by atoms with Gasteiger partial charge < -0.3 is 9.40 Å².